The van der Waals surface area contributed by atoms with Crippen LogP contribution < -0.4 is 10.1 Å². The summed E-state index contributed by atoms with van der Waals surface area (Å²) in [5, 5.41) is 6.06. The maximum atomic E-state index is 13.0. The van der Waals surface area contributed by atoms with Crippen LogP contribution in [-0.2, 0) is 16.2 Å². The van der Waals surface area contributed by atoms with Crippen LogP contribution in [0.25, 0.3) is 0 Å². The van der Waals surface area contributed by atoms with E-state index in [1.54, 1.807) is 19.2 Å². The number of carbonyl (C=O) groups excluding carboxylic acids is 1. The van der Waals surface area contributed by atoms with Gasteiger partial charge in [0.15, 0.2) is 0 Å². The van der Waals surface area contributed by atoms with Gasteiger partial charge in [-0.2, -0.15) is 0 Å². The number of nitrogens with one attached hydrogen (secondary N) is 1. The maximum absolute atomic E-state index is 13.0. The summed E-state index contributed by atoms with van der Waals surface area (Å²) in [6.07, 6.45) is 0.982. The molecule has 23 heavy (non-hydrogen) atoms. The third kappa shape index (κ3) is 5.37. The van der Waals surface area contributed by atoms with Crippen LogP contribution in [0.2, 0.25) is 0 Å². The Morgan fingerprint density at radius 2 is 2.17 bits per heavy atom. The molecule has 7 heteroatoms. The standard InChI is InChI=1S/C16H14BrFN2O3/c1-22-15-6-5-12(17)7-11(15)10-23-19-9-16(21)20-14-4-2-3-13(18)8-14/h2-9H,10H2,1H3,(H,20,21)/b19-9+. The van der Waals surface area contributed by atoms with Gasteiger partial charge >= 0.3 is 0 Å². The highest BCUT2D eigenvalue weighted by Gasteiger charge is 2.04. The summed E-state index contributed by atoms with van der Waals surface area (Å²) in [7, 11) is 1.56. The molecule has 0 fully saturated rings. The Labute approximate surface area is 141 Å². The number of hydrogen-bond donors (Lipinski definition) is 1. The summed E-state index contributed by atoms with van der Waals surface area (Å²) in [6.45, 7) is 0.145. The molecule has 0 atom stereocenters. The molecule has 0 saturated carbocycles. The predicted molar refractivity (Wildman–Crippen MR) is 89.0 cm³/mol. The van der Waals surface area contributed by atoms with Crippen molar-refractivity contribution in [1.29, 1.82) is 0 Å². The monoisotopic (exact) mass is 380 g/mol. The smallest absolute Gasteiger partial charge is 0.270 e. The molecule has 0 bridgehead atoms. The fourth-order valence-electron chi connectivity index (χ4n) is 1.79. The quantitative estimate of drug-likeness (QED) is 0.613. The van der Waals surface area contributed by atoms with Crippen molar-refractivity contribution < 1.29 is 18.8 Å². The number of ether oxygens (including phenoxy) is 1. The first-order chi connectivity index (χ1) is 11.1. The Kier molecular flexibility index (Phi) is 6.10. The number of halogens is 2. The summed E-state index contributed by atoms with van der Waals surface area (Å²) >= 11 is 3.36. The number of methoxy groups -OCH3 is 1. The van der Waals surface area contributed by atoms with Crippen LogP contribution in [0.4, 0.5) is 10.1 Å². The summed E-state index contributed by atoms with van der Waals surface area (Å²) in [5.74, 6) is -0.290. The minimum absolute atomic E-state index is 0.145. The summed E-state index contributed by atoms with van der Waals surface area (Å²) in [4.78, 5) is 16.7. The van der Waals surface area contributed by atoms with Gasteiger partial charge in [-0.05, 0) is 36.4 Å². The topological polar surface area (TPSA) is 59.9 Å². The number of nitrogens with zero attached hydrogens (tertiary/aromatic N) is 1. The Bertz CT molecular complexity index is 722. The molecule has 1 N–H and O–H groups in total. The van der Waals surface area contributed by atoms with Crippen LogP contribution in [0, 0.1) is 5.82 Å². The molecule has 2 rings (SSSR count). The molecule has 0 aliphatic rings. The number of amides is 1. The fraction of sp³-hybridized carbons (Fsp3) is 0.125. The van der Waals surface area contributed by atoms with E-state index in [9.17, 15) is 9.18 Å². The lowest BCUT2D eigenvalue weighted by molar-refractivity contribution is -0.110. The number of rotatable bonds is 6. The highest BCUT2D eigenvalue weighted by atomic mass is 79.9. The predicted octanol–water partition coefficient (Wildman–Crippen LogP) is 3.74. The van der Waals surface area contributed by atoms with Crippen molar-refractivity contribution in [3.05, 3.63) is 58.3 Å². The zero-order chi connectivity index (χ0) is 16.7. The zero-order valence-corrected chi connectivity index (χ0v) is 13.8. The van der Waals surface area contributed by atoms with Gasteiger partial charge in [0.25, 0.3) is 5.91 Å². The molecule has 120 valence electrons. The highest BCUT2D eigenvalue weighted by Crippen LogP contribution is 2.23. The van der Waals surface area contributed by atoms with Gasteiger partial charge in [-0.15, -0.1) is 0 Å². The van der Waals surface area contributed by atoms with E-state index in [2.05, 4.69) is 26.4 Å². The molecule has 0 spiro atoms. The Morgan fingerprint density at radius 3 is 2.91 bits per heavy atom. The van der Waals surface area contributed by atoms with Crippen molar-refractivity contribution in [1.82, 2.24) is 0 Å². The van der Waals surface area contributed by atoms with Crippen LogP contribution in [0.3, 0.4) is 0 Å². The molecule has 0 aliphatic heterocycles. The van der Waals surface area contributed by atoms with E-state index in [1.807, 2.05) is 12.1 Å². The lowest BCUT2D eigenvalue weighted by atomic mass is 10.2. The molecule has 1 amide bonds. The highest BCUT2D eigenvalue weighted by molar-refractivity contribution is 9.10. The number of hydrogen-bond acceptors (Lipinski definition) is 4. The van der Waals surface area contributed by atoms with E-state index >= 15 is 0 Å². The minimum atomic E-state index is -0.517. The SMILES string of the molecule is COc1ccc(Br)cc1CO/N=C/C(=O)Nc1cccc(F)c1. The first kappa shape index (κ1) is 17.0. The second kappa shape index (κ2) is 8.28. The molecule has 5 nitrogen and oxygen atoms in total. The molecule has 0 unspecified atom stereocenters. The van der Waals surface area contributed by atoms with Crippen molar-refractivity contribution in [3.63, 3.8) is 0 Å². The van der Waals surface area contributed by atoms with E-state index in [1.165, 1.54) is 18.2 Å². The fourth-order valence-corrected chi connectivity index (χ4v) is 2.20. The van der Waals surface area contributed by atoms with Gasteiger partial charge in [0, 0.05) is 15.7 Å². The normalized spacial score (nSPS) is 10.6. The molecular formula is C16H14BrFN2O3. The first-order valence-electron chi connectivity index (χ1n) is 6.63. The first-order valence-corrected chi connectivity index (χ1v) is 7.42. The Morgan fingerprint density at radius 1 is 1.35 bits per heavy atom. The number of anilines is 1. The summed E-state index contributed by atoms with van der Waals surface area (Å²) in [5.41, 5.74) is 1.12. The third-order valence-electron chi connectivity index (χ3n) is 2.80. The van der Waals surface area contributed by atoms with Crippen LogP contribution in [0.5, 0.6) is 5.75 Å². The third-order valence-corrected chi connectivity index (χ3v) is 3.29. The second-order valence-corrected chi connectivity index (χ2v) is 5.38. The van der Waals surface area contributed by atoms with Gasteiger partial charge in [-0.3, -0.25) is 4.79 Å². The van der Waals surface area contributed by atoms with Gasteiger partial charge < -0.3 is 14.9 Å². The van der Waals surface area contributed by atoms with E-state index in [-0.39, 0.29) is 6.61 Å². The summed E-state index contributed by atoms with van der Waals surface area (Å²) in [6, 6.07) is 11.0. The van der Waals surface area contributed by atoms with Gasteiger partial charge in [0.2, 0.25) is 0 Å². The van der Waals surface area contributed by atoms with Crippen LogP contribution in [0.1, 0.15) is 5.56 Å². The van der Waals surface area contributed by atoms with Gasteiger partial charge in [-0.25, -0.2) is 4.39 Å². The molecular weight excluding hydrogens is 367 g/mol. The van der Waals surface area contributed by atoms with Crippen molar-refractivity contribution >= 4 is 33.7 Å². The number of oxime groups is 1. The molecule has 0 heterocycles. The van der Waals surface area contributed by atoms with E-state index in [4.69, 9.17) is 9.57 Å². The summed E-state index contributed by atoms with van der Waals surface area (Å²) < 4.78 is 19.1. The van der Waals surface area contributed by atoms with Gasteiger partial charge in [0.05, 0.1) is 7.11 Å². The number of benzene rings is 2. The van der Waals surface area contributed by atoms with Crippen molar-refractivity contribution in [2.45, 2.75) is 6.61 Å². The van der Waals surface area contributed by atoms with E-state index < -0.39 is 11.7 Å². The average molecular weight is 381 g/mol. The maximum Gasteiger partial charge on any atom is 0.270 e. The van der Waals surface area contributed by atoms with Gasteiger partial charge in [0.1, 0.15) is 24.4 Å². The molecule has 0 aliphatic carbocycles. The van der Waals surface area contributed by atoms with Crippen LogP contribution in [0.15, 0.2) is 52.1 Å². The van der Waals surface area contributed by atoms with Gasteiger partial charge in [-0.1, -0.05) is 27.2 Å². The lowest BCUT2D eigenvalue weighted by Crippen LogP contribution is -2.12. The van der Waals surface area contributed by atoms with Crippen molar-refractivity contribution in [3.8, 4) is 5.75 Å². The minimum Gasteiger partial charge on any atom is -0.496 e. The largest absolute Gasteiger partial charge is 0.496 e. The van der Waals surface area contributed by atoms with E-state index in [0.717, 1.165) is 16.3 Å². The Hall–Kier alpha value is -2.41. The van der Waals surface area contributed by atoms with Crippen molar-refractivity contribution in [2.24, 2.45) is 5.16 Å². The average Bonchev–Trinajstić information content (AvgIpc) is 2.52. The number of carbonyl (C=O) groups is 1. The van der Waals surface area contributed by atoms with Crippen molar-refractivity contribution in [2.75, 3.05) is 12.4 Å². The lowest BCUT2D eigenvalue weighted by Gasteiger charge is -2.07. The zero-order valence-electron chi connectivity index (χ0n) is 12.3. The van der Waals surface area contributed by atoms with Crippen LogP contribution in [-0.4, -0.2) is 19.2 Å². The van der Waals surface area contributed by atoms with E-state index in [0.29, 0.717) is 11.4 Å². The molecule has 0 radical (unpaired) electrons. The molecule has 0 saturated heterocycles. The Balaban J connectivity index is 1.87. The molecule has 2 aromatic carbocycles. The second-order valence-electron chi connectivity index (χ2n) is 4.46. The molecule has 0 aromatic heterocycles. The van der Waals surface area contributed by atoms with Crippen LogP contribution >= 0.6 is 15.9 Å². The molecule has 2 aromatic rings.